The first-order chi connectivity index (χ1) is 16.2. The number of hydrogen-bond donors (Lipinski definition) is 1. The van der Waals surface area contributed by atoms with Crippen molar-refractivity contribution in [2.75, 3.05) is 18.4 Å². The van der Waals surface area contributed by atoms with E-state index in [1.165, 1.54) is 5.56 Å². The Bertz CT molecular complexity index is 1240. The Hall–Kier alpha value is -2.93. The van der Waals surface area contributed by atoms with Crippen LogP contribution in [0.3, 0.4) is 0 Å². The molecule has 34 heavy (non-hydrogen) atoms. The number of amides is 1. The third-order valence-corrected chi connectivity index (χ3v) is 8.27. The summed E-state index contributed by atoms with van der Waals surface area (Å²) in [4.78, 5) is 15.2. The van der Waals surface area contributed by atoms with E-state index in [-0.39, 0.29) is 16.7 Å². The van der Waals surface area contributed by atoms with Crippen LogP contribution in [0.15, 0.2) is 58.5 Å². The van der Waals surface area contributed by atoms with Crippen LogP contribution in [-0.4, -0.2) is 38.2 Å². The number of para-hydroxylation sites is 1. The lowest BCUT2D eigenvalue weighted by Gasteiger charge is -2.33. The van der Waals surface area contributed by atoms with E-state index >= 15 is 0 Å². The molecule has 2 aliphatic heterocycles. The maximum atomic E-state index is 12.9. The summed E-state index contributed by atoms with van der Waals surface area (Å²) in [5, 5.41) is 3.09. The summed E-state index contributed by atoms with van der Waals surface area (Å²) in [6.45, 7) is 9.31. The zero-order chi connectivity index (χ0) is 24.5. The van der Waals surface area contributed by atoms with Gasteiger partial charge in [0.15, 0.2) is 0 Å². The first kappa shape index (κ1) is 24.2. The Balaban J connectivity index is 1.46. The molecule has 180 valence electrons. The van der Waals surface area contributed by atoms with Crippen molar-refractivity contribution < 1.29 is 13.2 Å². The highest BCUT2D eigenvalue weighted by atomic mass is 32.2. The number of carbonyl (C=O) groups is 1. The first-order valence-electron chi connectivity index (χ1n) is 12.0. The maximum absolute atomic E-state index is 12.9. The van der Waals surface area contributed by atoms with Crippen molar-refractivity contribution in [1.82, 2.24) is 4.90 Å². The van der Waals surface area contributed by atoms with Crippen LogP contribution in [0.25, 0.3) is 4.91 Å². The van der Waals surface area contributed by atoms with Crippen LogP contribution in [0.1, 0.15) is 63.1 Å². The van der Waals surface area contributed by atoms with Gasteiger partial charge in [-0.1, -0.05) is 63.2 Å². The predicted molar refractivity (Wildman–Crippen MR) is 138 cm³/mol. The highest BCUT2D eigenvalue weighted by Gasteiger charge is 2.35. The van der Waals surface area contributed by atoms with Crippen molar-refractivity contribution in [2.45, 2.75) is 52.9 Å². The fraction of sp³-hybridized carbons (Fsp3) is 0.407. The van der Waals surface area contributed by atoms with E-state index in [2.05, 4.69) is 30.5 Å². The molecule has 1 N–H and O–H groups in total. The third-order valence-electron chi connectivity index (χ3n) is 6.80. The van der Waals surface area contributed by atoms with Crippen molar-refractivity contribution in [2.24, 2.45) is 10.3 Å². The van der Waals surface area contributed by atoms with Crippen LogP contribution >= 0.6 is 0 Å². The SMILES string of the molecule is CCc1ccccc1NC(=O)C1CCN(C2=NS(=O)(=O)C(c3ccc(C(C)C)cc3)=C2C)CC1. The summed E-state index contributed by atoms with van der Waals surface area (Å²) in [6, 6.07) is 15.6. The molecule has 1 amide bonds. The third kappa shape index (κ3) is 4.80. The summed E-state index contributed by atoms with van der Waals surface area (Å²) < 4.78 is 30.0. The molecular weight excluding hydrogens is 446 g/mol. The molecule has 0 aromatic heterocycles. The van der Waals surface area contributed by atoms with Crippen molar-refractivity contribution in [3.05, 3.63) is 70.8 Å². The van der Waals surface area contributed by atoms with Gasteiger partial charge in [0.05, 0.1) is 0 Å². The summed E-state index contributed by atoms with van der Waals surface area (Å²) in [7, 11) is -3.75. The topological polar surface area (TPSA) is 78.8 Å². The first-order valence-corrected chi connectivity index (χ1v) is 13.5. The second kappa shape index (κ2) is 9.74. The summed E-state index contributed by atoms with van der Waals surface area (Å²) in [6.07, 6.45) is 2.17. The minimum Gasteiger partial charge on any atom is -0.356 e. The van der Waals surface area contributed by atoms with E-state index in [0.717, 1.165) is 17.7 Å². The van der Waals surface area contributed by atoms with E-state index in [1.54, 1.807) is 0 Å². The molecule has 1 fully saturated rings. The zero-order valence-corrected chi connectivity index (χ0v) is 21.2. The monoisotopic (exact) mass is 479 g/mol. The van der Waals surface area contributed by atoms with E-state index in [0.29, 0.717) is 48.8 Å². The Kier molecular flexibility index (Phi) is 6.94. The molecule has 2 aromatic rings. The highest BCUT2D eigenvalue weighted by Crippen LogP contribution is 2.35. The Morgan fingerprint density at radius 2 is 1.74 bits per heavy atom. The van der Waals surface area contributed by atoms with Crippen LogP contribution in [0.2, 0.25) is 0 Å². The predicted octanol–water partition coefficient (Wildman–Crippen LogP) is 5.20. The second-order valence-electron chi connectivity index (χ2n) is 9.38. The lowest BCUT2D eigenvalue weighted by molar-refractivity contribution is -0.121. The number of nitrogens with zero attached hydrogens (tertiary/aromatic N) is 2. The number of carbonyl (C=O) groups excluding carboxylic acids is 1. The number of benzene rings is 2. The van der Waals surface area contributed by atoms with Crippen molar-refractivity contribution in [3.8, 4) is 0 Å². The molecule has 0 aliphatic carbocycles. The van der Waals surface area contributed by atoms with Gasteiger partial charge >= 0.3 is 0 Å². The minimum atomic E-state index is -3.75. The summed E-state index contributed by atoms with van der Waals surface area (Å²) >= 11 is 0. The number of hydrogen-bond acceptors (Lipinski definition) is 4. The fourth-order valence-electron chi connectivity index (χ4n) is 4.74. The maximum Gasteiger partial charge on any atom is 0.285 e. The van der Waals surface area contributed by atoms with E-state index in [1.807, 2.05) is 60.4 Å². The zero-order valence-electron chi connectivity index (χ0n) is 20.3. The molecule has 0 saturated carbocycles. The number of aryl methyl sites for hydroxylation is 1. The Labute approximate surface area is 202 Å². The number of nitrogens with one attached hydrogen (secondary N) is 1. The standard InChI is InChI=1S/C27H33N3O3S/c1-5-20-8-6-7-9-24(20)28-27(31)23-14-16-30(17-15-23)26-19(4)25(34(32,33)29-26)22-12-10-21(11-13-22)18(2)3/h6-13,18,23H,5,14-17H2,1-4H3,(H,28,31). The highest BCUT2D eigenvalue weighted by molar-refractivity contribution is 8.00. The van der Waals surface area contributed by atoms with Gasteiger partial charge in [-0.3, -0.25) is 4.79 Å². The summed E-state index contributed by atoms with van der Waals surface area (Å²) in [5.74, 6) is 0.815. The molecule has 4 rings (SSSR count). The lowest BCUT2D eigenvalue weighted by atomic mass is 9.94. The van der Waals surface area contributed by atoms with Gasteiger partial charge in [-0.05, 0) is 54.9 Å². The van der Waals surface area contributed by atoms with Crippen molar-refractivity contribution in [3.63, 3.8) is 0 Å². The number of anilines is 1. The number of piperidine rings is 1. The fourth-order valence-corrected chi connectivity index (χ4v) is 6.23. The minimum absolute atomic E-state index is 0.0275. The number of amidine groups is 1. The van der Waals surface area contributed by atoms with Gasteiger partial charge in [-0.25, -0.2) is 0 Å². The average molecular weight is 480 g/mol. The van der Waals surface area contributed by atoms with Gasteiger partial charge in [0.2, 0.25) is 5.91 Å². The van der Waals surface area contributed by atoms with Gasteiger partial charge in [0, 0.05) is 30.3 Å². The molecule has 6 nitrogen and oxygen atoms in total. The number of likely N-dealkylation sites (tertiary alicyclic amines) is 1. The molecule has 0 bridgehead atoms. The normalized spacial score (nSPS) is 18.4. The number of rotatable bonds is 5. The van der Waals surface area contributed by atoms with Crippen LogP contribution in [-0.2, 0) is 21.2 Å². The molecule has 1 saturated heterocycles. The van der Waals surface area contributed by atoms with E-state index in [4.69, 9.17) is 0 Å². The van der Waals surface area contributed by atoms with E-state index < -0.39 is 10.0 Å². The number of sulfonamides is 1. The van der Waals surface area contributed by atoms with Crippen LogP contribution < -0.4 is 5.32 Å². The smallest absolute Gasteiger partial charge is 0.285 e. The quantitative estimate of drug-likeness (QED) is 0.640. The van der Waals surface area contributed by atoms with Gasteiger partial charge < -0.3 is 10.2 Å². The Morgan fingerprint density at radius 1 is 1.09 bits per heavy atom. The van der Waals surface area contributed by atoms with Crippen LogP contribution in [0.4, 0.5) is 5.69 Å². The molecule has 0 unspecified atom stereocenters. The summed E-state index contributed by atoms with van der Waals surface area (Å²) in [5.41, 5.74) is 4.51. The van der Waals surface area contributed by atoms with E-state index in [9.17, 15) is 13.2 Å². The van der Waals surface area contributed by atoms with Gasteiger partial charge in [0.25, 0.3) is 10.0 Å². The van der Waals surface area contributed by atoms with Crippen molar-refractivity contribution in [1.29, 1.82) is 0 Å². The van der Waals surface area contributed by atoms with Crippen molar-refractivity contribution >= 4 is 32.4 Å². The van der Waals surface area contributed by atoms with Crippen LogP contribution in [0, 0.1) is 5.92 Å². The molecule has 2 aliphatic rings. The largest absolute Gasteiger partial charge is 0.356 e. The Morgan fingerprint density at radius 3 is 2.35 bits per heavy atom. The molecule has 2 heterocycles. The second-order valence-corrected chi connectivity index (χ2v) is 10.9. The lowest BCUT2D eigenvalue weighted by Crippen LogP contribution is -2.41. The molecule has 2 aromatic carbocycles. The molecule has 0 radical (unpaired) electrons. The van der Waals surface area contributed by atoms with Gasteiger partial charge in [-0.2, -0.15) is 8.42 Å². The van der Waals surface area contributed by atoms with Gasteiger partial charge in [-0.15, -0.1) is 4.40 Å². The van der Waals surface area contributed by atoms with Crippen LogP contribution in [0.5, 0.6) is 0 Å². The molecule has 7 heteroatoms. The molecular formula is C27H33N3O3S. The average Bonchev–Trinajstić information content (AvgIpc) is 3.07. The molecule has 0 spiro atoms. The molecule has 0 atom stereocenters. The van der Waals surface area contributed by atoms with Gasteiger partial charge in [0.1, 0.15) is 10.7 Å².